The number of ether oxygens (including phenoxy) is 1. The Morgan fingerprint density at radius 3 is 1.18 bits per heavy atom. The predicted molar refractivity (Wildman–Crippen MR) is 287 cm³/mol. The van der Waals surface area contributed by atoms with Crippen LogP contribution in [0, 0.1) is 0 Å². The van der Waals surface area contributed by atoms with E-state index >= 15 is 0 Å². The molecule has 6 heteroatoms. The largest absolute Gasteiger partial charge is 0.466 e. The third kappa shape index (κ3) is 51.5. The first-order valence-corrected chi connectivity index (χ1v) is 29.3. The lowest BCUT2D eigenvalue weighted by molar-refractivity contribution is -0.143. The molecule has 0 aliphatic heterocycles. The minimum atomic E-state index is -0.849. The standard InChI is InChI=1S/C60H113NO5/c1-3-5-7-9-11-13-15-17-19-21-25-28-32-36-40-44-48-52-58(63)57(56-62)61-59(64)53-49-45-41-37-33-29-26-22-20-23-27-31-35-39-43-47-51-55-66-60(65)54-50-46-42-38-34-30-24-18-16-14-12-10-8-6-4-2/h12,14,18,24,48,52,57-58,62-63H,3-11,13,15-17,19-23,25-47,49-51,53-56H2,1-2H3,(H,61,64)/b14-12-,24-18-,52-48+. The molecule has 66 heavy (non-hydrogen) atoms. The fraction of sp³-hybridized carbons (Fsp3) is 0.867. The molecule has 0 fully saturated rings. The van der Waals surface area contributed by atoms with Crippen LogP contribution in [0.15, 0.2) is 36.5 Å². The highest BCUT2D eigenvalue weighted by Crippen LogP contribution is 2.17. The van der Waals surface area contributed by atoms with Crippen LogP contribution >= 0.6 is 0 Å². The molecule has 0 aromatic carbocycles. The van der Waals surface area contributed by atoms with Gasteiger partial charge in [0, 0.05) is 12.8 Å². The Morgan fingerprint density at radius 1 is 0.424 bits per heavy atom. The summed E-state index contributed by atoms with van der Waals surface area (Å²) in [6.45, 7) is 4.87. The molecule has 0 bridgehead atoms. The molecule has 1 amide bonds. The maximum Gasteiger partial charge on any atom is 0.305 e. The van der Waals surface area contributed by atoms with Crippen molar-refractivity contribution in [1.29, 1.82) is 0 Å². The maximum atomic E-state index is 12.5. The number of allylic oxidation sites excluding steroid dienone is 5. The number of hydrogen-bond acceptors (Lipinski definition) is 5. The first-order chi connectivity index (χ1) is 32.5. The molecule has 0 rings (SSSR count). The topological polar surface area (TPSA) is 95.9 Å². The highest BCUT2D eigenvalue weighted by molar-refractivity contribution is 5.76. The molecule has 0 saturated heterocycles. The van der Waals surface area contributed by atoms with Gasteiger partial charge in [0.15, 0.2) is 0 Å². The molecular formula is C60H113NO5. The van der Waals surface area contributed by atoms with E-state index in [0.717, 1.165) is 51.4 Å². The number of rotatable bonds is 54. The Hall–Kier alpha value is -1.92. The molecule has 0 aliphatic rings. The molecule has 0 radical (unpaired) electrons. The van der Waals surface area contributed by atoms with Gasteiger partial charge >= 0.3 is 5.97 Å². The van der Waals surface area contributed by atoms with Gasteiger partial charge in [-0.05, 0) is 64.2 Å². The number of aliphatic hydroxyl groups excluding tert-OH is 2. The van der Waals surface area contributed by atoms with Crippen molar-refractivity contribution < 1.29 is 24.5 Å². The van der Waals surface area contributed by atoms with E-state index in [1.54, 1.807) is 6.08 Å². The fourth-order valence-electron chi connectivity index (χ4n) is 8.90. The normalized spacial score (nSPS) is 12.8. The average molecular weight is 929 g/mol. The summed E-state index contributed by atoms with van der Waals surface area (Å²) in [5, 5.41) is 23.1. The molecule has 0 heterocycles. The maximum absolute atomic E-state index is 12.5. The number of esters is 1. The van der Waals surface area contributed by atoms with E-state index in [-0.39, 0.29) is 18.5 Å². The number of unbranched alkanes of at least 4 members (excludes halogenated alkanes) is 39. The van der Waals surface area contributed by atoms with Gasteiger partial charge in [0.05, 0.1) is 25.4 Å². The van der Waals surface area contributed by atoms with Crippen LogP contribution in [-0.4, -0.2) is 47.4 Å². The van der Waals surface area contributed by atoms with E-state index in [4.69, 9.17) is 4.74 Å². The van der Waals surface area contributed by atoms with Crippen molar-refractivity contribution in [3.05, 3.63) is 36.5 Å². The summed E-state index contributed by atoms with van der Waals surface area (Å²) in [4.78, 5) is 24.5. The van der Waals surface area contributed by atoms with Gasteiger partial charge in [0.2, 0.25) is 5.91 Å². The molecule has 6 nitrogen and oxygen atoms in total. The van der Waals surface area contributed by atoms with Crippen LogP contribution < -0.4 is 5.32 Å². The van der Waals surface area contributed by atoms with Gasteiger partial charge in [-0.1, -0.05) is 269 Å². The SMILES string of the molecule is CCCCC/C=C\C/C=C\CCCCCCCC(=O)OCCCCCCCCCCCCCCCCCCCC(=O)NC(CO)C(O)/C=C/CCCCCCCCCCCCCCCCC. The van der Waals surface area contributed by atoms with E-state index < -0.39 is 12.1 Å². The minimum absolute atomic E-state index is 0.00959. The van der Waals surface area contributed by atoms with Crippen LogP contribution in [0.5, 0.6) is 0 Å². The summed E-state index contributed by atoms with van der Waals surface area (Å²) in [5.74, 6) is -0.0820. The van der Waals surface area contributed by atoms with Crippen molar-refractivity contribution in [2.75, 3.05) is 13.2 Å². The summed E-state index contributed by atoms with van der Waals surface area (Å²) < 4.78 is 5.47. The zero-order chi connectivity index (χ0) is 47.9. The summed E-state index contributed by atoms with van der Waals surface area (Å²) in [7, 11) is 0. The van der Waals surface area contributed by atoms with Crippen LogP contribution in [-0.2, 0) is 14.3 Å². The zero-order valence-electron chi connectivity index (χ0n) is 44.2. The van der Waals surface area contributed by atoms with Gasteiger partial charge in [-0.2, -0.15) is 0 Å². The third-order valence-corrected chi connectivity index (χ3v) is 13.4. The highest BCUT2D eigenvalue weighted by Gasteiger charge is 2.18. The highest BCUT2D eigenvalue weighted by atomic mass is 16.5. The summed E-state index contributed by atoms with van der Waals surface area (Å²) >= 11 is 0. The van der Waals surface area contributed by atoms with E-state index in [1.807, 2.05) is 6.08 Å². The second-order valence-electron chi connectivity index (χ2n) is 20.0. The number of hydrogen-bond donors (Lipinski definition) is 3. The Labute approximate surface area is 411 Å². The van der Waals surface area contributed by atoms with Gasteiger partial charge < -0.3 is 20.3 Å². The summed E-state index contributed by atoms with van der Waals surface area (Å²) in [5.41, 5.74) is 0. The molecule has 0 saturated carbocycles. The second kappa shape index (κ2) is 55.7. The Bertz CT molecular complexity index is 1070. The molecule has 388 valence electrons. The van der Waals surface area contributed by atoms with E-state index in [2.05, 4.69) is 43.5 Å². The lowest BCUT2D eigenvalue weighted by atomic mass is 10.0. The van der Waals surface area contributed by atoms with Crippen molar-refractivity contribution in [3.63, 3.8) is 0 Å². The Balaban J connectivity index is 3.46. The first kappa shape index (κ1) is 64.1. The predicted octanol–water partition coefficient (Wildman–Crippen LogP) is 18.0. The van der Waals surface area contributed by atoms with Crippen molar-refractivity contribution in [1.82, 2.24) is 5.32 Å². The van der Waals surface area contributed by atoms with Gasteiger partial charge in [0.25, 0.3) is 0 Å². The molecule has 0 aromatic heterocycles. The van der Waals surface area contributed by atoms with Crippen LogP contribution in [0.25, 0.3) is 0 Å². The van der Waals surface area contributed by atoms with Gasteiger partial charge in [-0.15, -0.1) is 0 Å². The molecule has 0 aliphatic carbocycles. The van der Waals surface area contributed by atoms with Crippen LogP contribution in [0.1, 0.15) is 309 Å². The quantitative estimate of drug-likeness (QED) is 0.0321. The van der Waals surface area contributed by atoms with Crippen molar-refractivity contribution in [2.45, 2.75) is 321 Å². The van der Waals surface area contributed by atoms with Gasteiger partial charge in [-0.25, -0.2) is 0 Å². The second-order valence-corrected chi connectivity index (χ2v) is 20.0. The van der Waals surface area contributed by atoms with E-state index in [0.29, 0.717) is 19.4 Å². The lowest BCUT2D eigenvalue weighted by Crippen LogP contribution is -2.45. The van der Waals surface area contributed by atoms with Crippen molar-refractivity contribution in [2.24, 2.45) is 0 Å². The van der Waals surface area contributed by atoms with Crippen molar-refractivity contribution >= 4 is 11.9 Å². The Kier molecular flexibility index (Phi) is 54.1. The minimum Gasteiger partial charge on any atom is -0.466 e. The molecule has 3 N–H and O–H groups in total. The lowest BCUT2D eigenvalue weighted by Gasteiger charge is -2.20. The first-order valence-electron chi connectivity index (χ1n) is 29.3. The van der Waals surface area contributed by atoms with Crippen LogP contribution in [0.3, 0.4) is 0 Å². The number of carbonyl (C=O) groups excluding carboxylic acids is 2. The monoisotopic (exact) mass is 928 g/mol. The van der Waals surface area contributed by atoms with E-state index in [1.165, 1.54) is 231 Å². The molecule has 2 unspecified atom stereocenters. The summed E-state index contributed by atoms with van der Waals surface area (Å²) in [6.07, 6.45) is 68.7. The number of nitrogens with one attached hydrogen (secondary N) is 1. The van der Waals surface area contributed by atoms with Crippen LogP contribution in [0.2, 0.25) is 0 Å². The molecular weight excluding hydrogens is 815 g/mol. The molecule has 0 aromatic rings. The fourth-order valence-corrected chi connectivity index (χ4v) is 8.90. The smallest absolute Gasteiger partial charge is 0.305 e. The van der Waals surface area contributed by atoms with Crippen molar-refractivity contribution in [3.8, 4) is 0 Å². The van der Waals surface area contributed by atoms with E-state index in [9.17, 15) is 19.8 Å². The van der Waals surface area contributed by atoms with Gasteiger partial charge in [0.1, 0.15) is 0 Å². The molecule has 2 atom stereocenters. The van der Waals surface area contributed by atoms with Gasteiger partial charge in [-0.3, -0.25) is 9.59 Å². The number of amides is 1. The zero-order valence-corrected chi connectivity index (χ0v) is 44.2. The number of carbonyl (C=O) groups is 2. The molecule has 0 spiro atoms. The number of aliphatic hydroxyl groups is 2. The van der Waals surface area contributed by atoms with Crippen LogP contribution in [0.4, 0.5) is 0 Å². The average Bonchev–Trinajstić information content (AvgIpc) is 3.32. The third-order valence-electron chi connectivity index (χ3n) is 13.4. The summed E-state index contributed by atoms with van der Waals surface area (Å²) in [6, 6.07) is -0.633. The Morgan fingerprint density at radius 2 is 0.758 bits per heavy atom.